The van der Waals surface area contributed by atoms with E-state index in [-0.39, 0.29) is 0 Å². The van der Waals surface area contributed by atoms with Crippen molar-refractivity contribution in [3.8, 4) is 0 Å². The van der Waals surface area contributed by atoms with Crippen LogP contribution in [0.3, 0.4) is 0 Å². The molecule has 0 spiro atoms. The van der Waals surface area contributed by atoms with Crippen LogP contribution in [0, 0.1) is 0 Å². The molecule has 3 rings (SSSR count). The second-order valence-electron chi connectivity index (χ2n) is 4.48. The summed E-state index contributed by atoms with van der Waals surface area (Å²) >= 11 is 1.71. The van der Waals surface area contributed by atoms with E-state index in [1.807, 2.05) is 59.0 Å². The first kappa shape index (κ1) is 12.7. The minimum absolute atomic E-state index is 0.869. The van der Waals surface area contributed by atoms with Gasteiger partial charge in [0.25, 0.3) is 0 Å². The van der Waals surface area contributed by atoms with Crippen LogP contribution < -0.4 is 0 Å². The lowest BCUT2D eigenvalue weighted by Gasteiger charge is -2.06. The lowest BCUT2D eigenvalue weighted by Crippen LogP contribution is -2.02. The van der Waals surface area contributed by atoms with Crippen molar-refractivity contribution in [3.05, 3.63) is 70.9 Å². The molecular weight excluding hydrogens is 266 g/mol. The van der Waals surface area contributed by atoms with Crippen molar-refractivity contribution >= 4 is 29.2 Å². The average molecular weight is 281 g/mol. The van der Waals surface area contributed by atoms with Gasteiger partial charge in [0.1, 0.15) is 0 Å². The minimum atomic E-state index is 0.869. The fourth-order valence-electron chi connectivity index (χ4n) is 2.01. The molecule has 0 N–H and O–H groups in total. The third-order valence-corrected chi connectivity index (χ3v) is 3.92. The molecular formula is C16H15N3S. The molecule has 0 aliphatic carbocycles. The molecule has 4 heteroatoms. The zero-order chi connectivity index (χ0) is 13.9. The van der Waals surface area contributed by atoms with E-state index in [0.29, 0.717) is 0 Å². The molecule has 0 bridgehead atoms. The SMILES string of the molecule is C=C(c1cccn1C)n1ccc(/C=C/c2cccs2)n1. The summed E-state index contributed by atoms with van der Waals surface area (Å²) < 4.78 is 3.84. The minimum Gasteiger partial charge on any atom is -0.349 e. The van der Waals surface area contributed by atoms with Crippen LogP contribution in [-0.4, -0.2) is 14.3 Å². The molecule has 0 saturated carbocycles. The summed E-state index contributed by atoms with van der Waals surface area (Å²) in [5, 5.41) is 6.59. The summed E-state index contributed by atoms with van der Waals surface area (Å²) in [6, 6.07) is 10.1. The van der Waals surface area contributed by atoms with Gasteiger partial charge in [0.15, 0.2) is 0 Å². The van der Waals surface area contributed by atoms with Crippen LogP contribution in [0.4, 0.5) is 0 Å². The summed E-state index contributed by atoms with van der Waals surface area (Å²) in [5.74, 6) is 0. The van der Waals surface area contributed by atoms with E-state index in [1.54, 1.807) is 11.3 Å². The molecule has 3 aromatic rings. The molecule has 100 valence electrons. The largest absolute Gasteiger partial charge is 0.349 e. The quantitative estimate of drug-likeness (QED) is 0.709. The van der Waals surface area contributed by atoms with Crippen LogP contribution in [-0.2, 0) is 7.05 Å². The number of nitrogens with zero attached hydrogens (tertiary/aromatic N) is 3. The molecule has 0 saturated heterocycles. The van der Waals surface area contributed by atoms with Crippen molar-refractivity contribution in [2.45, 2.75) is 0 Å². The van der Waals surface area contributed by atoms with E-state index in [4.69, 9.17) is 0 Å². The smallest absolute Gasteiger partial charge is 0.0855 e. The van der Waals surface area contributed by atoms with Gasteiger partial charge in [0.2, 0.25) is 0 Å². The number of aromatic nitrogens is 3. The predicted molar refractivity (Wildman–Crippen MR) is 85.3 cm³/mol. The van der Waals surface area contributed by atoms with E-state index < -0.39 is 0 Å². The molecule has 0 radical (unpaired) electrons. The van der Waals surface area contributed by atoms with Gasteiger partial charge in [0, 0.05) is 24.3 Å². The Morgan fingerprint density at radius 3 is 2.80 bits per heavy atom. The molecule has 3 heterocycles. The van der Waals surface area contributed by atoms with E-state index in [0.717, 1.165) is 17.1 Å². The van der Waals surface area contributed by atoms with Gasteiger partial charge in [-0.05, 0) is 41.8 Å². The van der Waals surface area contributed by atoms with E-state index in [2.05, 4.69) is 29.2 Å². The fourth-order valence-corrected chi connectivity index (χ4v) is 2.63. The van der Waals surface area contributed by atoms with Crippen LogP contribution in [0.1, 0.15) is 16.3 Å². The highest BCUT2D eigenvalue weighted by Crippen LogP contribution is 2.16. The Hall–Kier alpha value is -2.33. The van der Waals surface area contributed by atoms with Gasteiger partial charge in [-0.15, -0.1) is 11.3 Å². The van der Waals surface area contributed by atoms with E-state index >= 15 is 0 Å². The van der Waals surface area contributed by atoms with Gasteiger partial charge < -0.3 is 4.57 Å². The Morgan fingerprint density at radius 1 is 1.20 bits per heavy atom. The standard InChI is InChI=1S/C16H15N3S/c1-13(16-6-3-10-18(16)2)19-11-9-14(17-19)7-8-15-5-4-12-20-15/h3-12H,1H2,2H3/b8-7+. The van der Waals surface area contributed by atoms with Gasteiger partial charge in [-0.2, -0.15) is 5.10 Å². The highest BCUT2D eigenvalue weighted by atomic mass is 32.1. The Labute approximate surface area is 122 Å². The summed E-state index contributed by atoms with van der Waals surface area (Å²) in [6.45, 7) is 4.11. The van der Waals surface area contributed by atoms with Gasteiger partial charge in [-0.25, -0.2) is 4.68 Å². The number of aryl methyl sites for hydroxylation is 1. The molecule has 0 amide bonds. The Kier molecular flexibility index (Phi) is 3.39. The zero-order valence-electron chi connectivity index (χ0n) is 11.2. The number of rotatable bonds is 4. The first-order valence-corrected chi connectivity index (χ1v) is 7.20. The van der Waals surface area contributed by atoms with Crippen LogP contribution >= 0.6 is 11.3 Å². The maximum Gasteiger partial charge on any atom is 0.0855 e. The highest BCUT2D eigenvalue weighted by molar-refractivity contribution is 7.10. The van der Waals surface area contributed by atoms with Crippen molar-refractivity contribution in [1.29, 1.82) is 0 Å². The maximum atomic E-state index is 4.53. The Balaban J connectivity index is 1.80. The van der Waals surface area contributed by atoms with Gasteiger partial charge >= 0.3 is 0 Å². The van der Waals surface area contributed by atoms with Crippen molar-refractivity contribution in [2.24, 2.45) is 7.05 Å². The van der Waals surface area contributed by atoms with Crippen LogP contribution in [0.25, 0.3) is 17.8 Å². The van der Waals surface area contributed by atoms with Crippen LogP contribution in [0.5, 0.6) is 0 Å². The first-order chi connectivity index (χ1) is 9.74. The number of thiophene rings is 1. The molecule has 0 fully saturated rings. The highest BCUT2D eigenvalue weighted by Gasteiger charge is 2.05. The third kappa shape index (κ3) is 2.51. The van der Waals surface area contributed by atoms with Gasteiger partial charge in [-0.1, -0.05) is 12.6 Å². The van der Waals surface area contributed by atoms with E-state index in [1.165, 1.54) is 4.88 Å². The lowest BCUT2D eigenvalue weighted by atomic mass is 10.3. The average Bonchev–Trinajstić information content (AvgIpc) is 3.17. The van der Waals surface area contributed by atoms with Crippen molar-refractivity contribution in [3.63, 3.8) is 0 Å². The maximum absolute atomic E-state index is 4.53. The molecule has 0 aliphatic heterocycles. The normalized spacial score (nSPS) is 11.2. The van der Waals surface area contributed by atoms with E-state index in [9.17, 15) is 0 Å². The molecule has 0 aromatic carbocycles. The summed E-state index contributed by atoms with van der Waals surface area (Å²) in [4.78, 5) is 1.22. The molecule has 0 unspecified atom stereocenters. The number of hydrogen-bond donors (Lipinski definition) is 0. The van der Waals surface area contributed by atoms with Crippen LogP contribution in [0.2, 0.25) is 0 Å². The number of hydrogen-bond acceptors (Lipinski definition) is 2. The van der Waals surface area contributed by atoms with Crippen molar-refractivity contribution in [2.75, 3.05) is 0 Å². The first-order valence-electron chi connectivity index (χ1n) is 6.32. The second kappa shape index (κ2) is 5.35. The molecule has 3 nitrogen and oxygen atoms in total. The zero-order valence-corrected chi connectivity index (χ0v) is 12.0. The summed E-state index contributed by atoms with van der Waals surface area (Å²) in [5.41, 5.74) is 2.85. The third-order valence-electron chi connectivity index (χ3n) is 3.09. The fraction of sp³-hybridized carbons (Fsp3) is 0.0625. The summed E-state index contributed by atoms with van der Waals surface area (Å²) in [6.07, 6.45) is 8.02. The monoisotopic (exact) mass is 281 g/mol. The van der Waals surface area contributed by atoms with Crippen molar-refractivity contribution in [1.82, 2.24) is 14.3 Å². The Morgan fingerprint density at radius 2 is 2.10 bits per heavy atom. The molecule has 3 aromatic heterocycles. The summed E-state index contributed by atoms with van der Waals surface area (Å²) in [7, 11) is 2.00. The van der Waals surface area contributed by atoms with Crippen molar-refractivity contribution < 1.29 is 0 Å². The molecule has 0 aliphatic rings. The molecule has 0 atom stereocenters. The lowest BCUT2D eigenvalue weighted by molar-refractivity contribution is 0.848. The van der Waals surface area contributed by atoms with Crippen LogP contribution in [0.15, 0.2) is 54.7 Å². The van der Waals surface area contributed by atoms with Gasteiger partial charge in [0.05, 0.1) is 17.1 Å². The second-order valence-corrected chi connectivity index (χ2v) is 5.46. The van der Waals surface area contributed by atoms with Gasteiger partial charge in [-0.3, -0.25) is 0 Å². The molecule has 20 heavy (non-hydrogen) atoms. The predicted octanol–water partition coefficient (Wildman–Crippen LogP) is 3.97. The Bertz CT molecular complexity index is 744. The topological polar surface area (TPSA) is 22.8 Å².